The number of nitrogens with zero attached hydrogens (tertiary/aromatic N) is 2. The molecule has 1 aromatic heterocycles. The van der Waals surface area contributed by atoms with Gasteiger partial charge in [0, 0.05) is 12.5 Å². The maximum Gasteiger partial charge on any atom is 0.222 e. The second kappa shape index (κ2) is 9.59. The lowest BCUT2D eigenvalue weighted by atomic mass is 10.1. The monoisotopic (exact) mass is 393 g/mol. The fourth-order valence-electron chi connectivity index (χ4n) is 3.40. The number of carbonyl (C=O) groups is 1. The van der Waals surface area contributed by atoms with Gasteiger partial charge in [-0.1, -0.05) is 43.7 Å². The maximum atomic E-state index is 12.0. The number of unbranched alkanes of at least 4 members (excludes halogenated alkanes) is 1. The van der Waals surface area contributed by atoms with Crippen LogP contribution < -0.4 is 10.1 Å². The molecule has 29 heavy (non-hydrogen) atoms. The van der Waals surface area contributed by atoms with Crippen LogP contribution in [0.3, 0.4) is 0 Å². The summed E-state index contributed by atoms with van der Waals surface area (Å²) in [4.78, 5) is 16.7. The van der Waals surface area contributed by atoms with Crippen molar-refractivity contribution in [3.05, 3.63) is 59.4 Å². The lowest BCUT2D eigenvalue weighted by molar-refractivity contribution is -0.124. The average molecular weight is 394 g/mol. The Hall–Kier alpha value is -2.82. The summed E-state index contributed by atoms with van der Waals surface area (Å²) < 4.78 is 8.17. The van der Waals surface area contributed by atoms with Gasteiger partial charge in [0.05, 0.1) is 24.2 Å². The van der Waals surface area contributed by atoms with Gasteiger partial charge in [-0.15, -0.1) is 0 Å². The van der Waals surface area contributed by atoms with Crippen LogP contribution in [0.1, 0.15) is 43.6 Å². The molecule has 1 N–H and O–H groups in total. The number of fused-ring (bicyclic) bond motifs is 1. The van der Waals surface area contributed by atoms with E-state index in [0.29, 0.717) is 13.2 Å². The van der Waals surface area contributed by atoms with Gasteiger partial charge in [0.25, 0.3) is 0 Å². The molecule has 3 aromatic rings. The Morgan fingerprint density at radius 3 is 2.69 bits per heavy atom. The molecule has 154 valence electrons. The Morgan fingerprint density at radius 1 is 1.14 bits per heavy atom. The fraction of sp³-hybridized carbons (Fsp3) is 0.417. The van der Waals surface area contributed by atoms with E-state index in [2.05, 4.69) is 41.9 Å². The van der Waals surface area contributed by atoms with Gasteiger partial charge in [-0.25, -0.2) is 4.98 Å². The first kappa shape index (κ1) is 20.9. The molecule has 3 rings (SSSR count). The number of aryl methyl sites for hydroxylation is 3. The molecule has 0 unspecified atom stereocenters. The number of para-hydroxylation sites is 2. The van der Waals surface area contributed by atoms with Crippen molar-refractivity contribution in [1.29, 1.82) is 0 Å². The smallest absolute Gasteiger partial charge is 0.222 e. The first-order valence-corrected chi connectivity index (χ1v) is 10.4. The Kier molecular flexibility index (Phi) is 6.91. The molecule has 0 aliphatic rings. The third-order valence-corrected chi connectivity index (χ3v) is 5.04. The Labute approximate surface area is 173 Å². The molecule has 2 aromatic carbocycles. The molecular formula is C24H31N3O2. The molecule has 5 nitrogen and oxygen atoms in total. The van der Waals surface area contributed by atoms with Crippen molar-refractivity contribution in [2.24, 2.45) is 5.92 Å². The molecule has 0 aliphatic heterocycles. The van der Waals surface area contributed by atoms with Crippen molar-refractivity contribution in [1.82, 2.24) is 14.9 Å². The fourth-order valence-corrected chi connectivity index (χ4v) is 3.40. The Morgan fingerprint density at radius 2 is 1.93 bits per heavy atom. The molecule has 0 spiro atoms. The summed E-state index contributed by atoms with van der Waals surface area (Å²) in [5.41, 5.74) is 4.50. The quantitative estimate of drug-likeness (QED) is 0.532. The molecule has 0 radical (unpaired) electrons. The van der Waals surface area contributed by atoms with Crippen LogP contribution in [-0.2, 0) is 17.9 Å². The summed E-state index contributed by atoms with van der Waals surface area (Å²) in [5, 5.41) is 2.99. The molecule has 0 bridgehead atoms. The van der Waals surface area contributed by atoms with E-state index in [1.807, 2.05) is 38.1 Å². The van der Waals surface area contributed by atoms with Crippen LogP contribution in [0.25, 0.3) is 11.0 Å². The minimum atomic E-state index is -0.0322. The van der Waals surface area contributed by atoms with Crippen LogP contribution in [0.4, 0.5) is 0 Å². The van der Waals surface area contributed by atoms with Crippen LogP contribution in [0.2, 0.25) is 0 Å². The second-order valence-corrected chi connectivity index (χ2v) is 7.87. The van der Waals surface area contributed by atoms with Gasteiger partial charge >= 0.3 is 0 Å². The largest absolute Gasteiger partial charge is 0.493 e. The molecular weight excluding hydrogens is 362 g/mol. The zero-order valence-corrected chi connectivity index (χ0v) is 17.9. The normalized spacial score (nSPS) is 11.2. The highest BCUT2D eigenvalue weighted by atomic mass is 16.5. The van der Waals surface area contributed by atoms with E-state index in [1.165, 1.54) is 11.1 Å². The van der Waals surface area contributed by atoms with Gasteiger partial charge in [-0.3, -0.25) is 4.79 Å². The van der Waals surface area contributed by atoms with Crippen molar-refractivity contribution >= 4 is 16.9 Å². The van der Waals surface area contributed by atoms with Crippen LogP contribution in [0, 0.1) is 19.8 Å². The molecule has 5 heteroatoms. The third-order valence-electron chi connectivity index (χ3n) is 5.04. The number of hydrogen-bond acceptors (Lipinski definition) is 3. The molecule has 0 fully saturated rings. The SMILES string of the molecule is Cc1ccc(OCCCCn2c(CNC(=O)C(C)C)nc3ccccc32)c(C)c1. The highest BCUT2D eigenvalue weighted by Crippen LogP contribution is 2.20. The number of ether oxygens (including phenoxy) is 1. The topological polar surface area (TPSA) is 56.1 Å². The third kappa shape index (κ3) is 5.37. The van der Waals surface area contributed by atoms with E-state index in [0.717, 1.165) is 42.0 Å². The number of amides is 1. The number of carbonyl (C=O) groups excluding carboxylic acids is 1. The van der Waals surface area contributed by atoms with E-state index in [1.54, 1.807) is 0 Å². The second-order valence-electron chi connectivity index (χ2n) is 7.87. The first-order valence-electron chi connectivity index (χ1n) is 10.4. The number of hydrogen-bond donors (Lipinski definition) is 1. The van der Waals surface area contributed by atoms with Gasteiger partial charge in [0.2, 0.25) is 5.91 Å². The van der Waals surface area contributed by atoms with Crippen molar-refractivity contribution in [2.45, 2.75) is 53.6 Å². The standard InChI is InChI=1S/C24H31N3O2/c1-17(2)24(28)25-16-23-26-20-9-5-6-10-21(20)27(23)13-7-8-14-29-22-12-11-18(3)15-19(22)4/h5-6,9-12,15,17H,7-8,13-14,16H2,1-4H3,(H,25,28). The van der Waals surface area contributed by atoms with Gasteiger partial charge in [0.15, 0.2) is 0 Å². The highest BCUT2D eigenvalue weighted by molar-refractivity contribution is 5.78. The predicted molar refractivity (Wildman–Crippen MR) is 117 cm³/mol. The van der Waals surface area contributed by atoms with E-state index < -0.39 is 0 Å². The molecule has 0 saturated carbocycles. The number of aromatic nitrogens is 2. The summed E-state index contributed by atoms with van der Waals surface area (Å²) >= 11 is 0. The Bertz CT molecular complexity index is 975. The number of benzene rings is 2. The lowest BCUT2D eigenvalue weighted by Gasteiger charge is -2.12. The summed E-state index contributed by atoms with van der Waals surface area (Å²) in [7, 11) is 0. The summed E-state index contributed by atoms with van der Waals surface area (Å²) in [6, 6.07) is 14.4. The Balaban J connectivity index is 1.59. The van der Waals surface area contributed by atoms with Crippen molar-refractivity contribution in [3.63, 3.8) is 0 Å². The zero-order chi connectivity index (χ0) is 20.8. The molecule has 0 aliphatic carbocycles. The van der Waals surface area contributed by atoms with Gasteiger partial charge in [-0.05, 0) is 50.5 Å². The van der Waals surface area contributed by atoms with E-state index in [4.69, 9.17) is 9.72 Å². The van der Waals surface area contributed by atoms with Crippen LogP contribution in [0.15, 0.2) is 42.5 Å². The van der Waals surface area contributed by atoms with E-state index in [-0.39, 0.29) is 11.8 Å². The predicted octanol–water partition coefficient (Wildman–Crippen LogP) is 4.78. The minimum Gasteiger partial charge on any atom is -0.493 e. The van der Waals surface area contributed by atoms with Crippen molar-refractivity contribution < 1.29 is 9.53 Å². The van der Waals surface area contributed by atoms with Gasteiger partial charge in [-0.2, -0.15) is 0 Å². The highest BCUT2D eigenvalue weighted by Gasteiger charge is 2.13. The zero-order valence-electron chi connectivity index (χ0n) is 17.9. The van der Waals surface area contributed by atoms with E-state index in [9.17, 15) is 4.79 Å². The number of nitrogens with one attached hydrogen (secondary N) is 1. The van der Waals surface area contributed by atoms with Crippen molar-refractivity contribution in [2.75, 3.05) is 6.61 Å². The minimum absolute atomic E-state index is 0.0322. The maximum absolute atomic E-state index is 12.0. The number of imidazole rings is 1. The summed E-state index contributed by atoms with van der Waals surface area (Å²) in [5.74, 6) is 1.87. The van der Waals surface area contributed by atoms with Crippen LogP contribution in [-0.4, -0.2) is 22.1 Å². The molecule has 0 atom stereocenters. The molecule has 0 saturated heterocycles. The first-order chi connectivity index (χ1) is 14.0. The summed E-state index contributed by atoms with van der Waals surface area (Å²) in [6.45, 7) is 9.96. The van der Waals surface area contributed by atoms with Gasteiger partial charge < -0.3 is 14.6 Å². The summed E-state index contributed by atoms with van der Waals surface area (Å²) in [6.07, 6.45) is 1.94. The molecule has 1 heterocycles. The van der Waals surface area contributed by atoms with Crippen LogP contribution in [0.5, 0.6) is 5.75 Å². The number of rotatable bonds is 9. The molecule has 1 amide bonds. The van der Waals surface area contributed by atoms with E-state index >= 15 is 0 Å². The van der Waals surface area contributed by atoms with Crippen molar-refractivity contribution in [3.8, 4) is 5.75 Å². The average Bonchev–Trinajstić information content (AvgIpc) is 3.04. The van der Waals surface area contributed by atoms with Gasteiger partial charge in [0.1, 0.15) is 11.6 Å². The lowest BCUT2D eigenvalue weighted by Crippen LogP contribution is -2.28. The van der Waals surface area contributed by atoms with Crippen LogP contribution >= 0.6 is 0 Å².